The number of nitrogens with one attached hydrogen (secondary N) is 1. The molecular formula is C13H17N5O. The molecule has 0 aliphatic rings. The molecule has 1 amide bonds. The van der Waals surface area contributed by atoms with Crippen LogP contribution in [0.2, 0.25) is 0 Å². The average Bonchev–Trinajstić information content (AvgIpc) is 2.75. The normalized spacial score (nSPS) is 10.4. The fourth-order valence-electron chi connectivity index (χ4n) is 1.82. The number of carbonyl (C=O) groups excluding carboxylic acids is 1. The Morgan fingerprint density at radius 2 is 2.26 bits per heavy atom. The van der Waals surface area contributed by atoms with Gasteiger partial charge in [-0.15, -0.1) is 0 Å². The van der Waals surface area contributed by atoms with Gasteiger partial charge in [-0.25, -0.2) is 0 Å². The minimum Gasteiger partial charge on any atom is -0.399 e. The van der Waals surface area contributed by atoms with Gasteiger partial charge in [0, 0.05) is 24.1 Å². The molecule has 5 N–H and O–H groups in total. The molecule has 0 saturated heterocycles. The number of benzene rings is 1. The van der Waals surface area contributed by atoms with Crippen LogP contribution in [0.5, 0.6) is 0 Å². The number of amides is 1. The highest BCUT2D eigenvalue weighted by molar-refractivity contribution is 5.99. The third kappa shape index (κ3) is 3.25. The van der Waals surface area contributed by atoms with Crippen molar-refractivity contribution < 1.29 is 4.79 Å². The monoisotopic (exact) mass is 259 g/mol. The number of nitrogens with zero attached hydrogens (tertiary/aromatic N) is 2. The zero-order chi connectivity index (χ0) is 13.8. The first-order chi connectivity index (χ1) is 9.06. The molecule has 0 fully saturated rings. The number of aryl methyl sites for hydroxylation is 1. The van der Waals surface area contributed by atoms with Crippen LogP contribution in [0, 0.1) is 6.92 Å². The van der Waals surface area contributed by atoms with Gasteiger partial charge in [0.25, 0.3) is 5.91 Å². The Morgan fingerprint density at radius 1 is 1.47 bits per heavy atom. The number of nitrogen functional groups attached to an aromatic ring is 1. The maximum Gasteiger partial charge on any atom is 0.250 e. The maximum atomic E-state index is 11.3. The van der Waals surface area contributed by atoms with Gasteiger partial charge in [0.1, 0.15) is 0 Å². The predicted molar refractivity (Wildman–Crippen MR) is 74.8 cm³/mol. The van der Waals surface area contributed by atoms with E-state index in [4.69, 9.17) is 11.5 Å². The minimum absolute atomic E-state index is 0.436. The van der Waals surface area contributed by atoms with Crippen LogP contribution < -0.4 is 16.8 Å². The molecule has 2 aromatic rings. The van der Waals surface area contributed by atoms with Gasteiger partial charge in [-0.05, 0) is 30.7 Å². The lowest BCUT2D eigenvalue weighted by molar-refractivity contribution is 0.100. The van der Waals surface area contributed by atoms with Crippen molar-refractivity contribution in [3.63, 3.8) is 0 Å². The van der Waals surface area contributed by atoms with Gasteiger partial charge in [0.15, 0.2) is 0 Å². The maximum absolute atomic E-state index is 11.3. The lowest BCUT2D eigenvalue weighted by atomic mass is 10.1. The first-order valence-corrected chi connectivity index (χ1v) is 5.98. The standard InChI is InChI=1S/C13H17N5O/c1-9-7-17-18(8-9)5-4-16-12-6-10(14)2-3-11(12)13(15)19/h2-3,6-8,16H,4-5,14H2,1H3,(H2,15,19). The van der Waals surface area contributed by atoms with Crippen molar-refractivity contribution in [2.24, 2.45) is 5.73 Å². The summed E-state index contributed by atoms with van der Waals surface area (Å²) < 4.78 is 1.83. The first kappa shape index (κ1) is 12.9. The fraction of sp³-hybridized carbons (Fsp3) is 0.231. The number of hydrogen-bond donors (Lipinski definition) is 3. The van der Waals surface area contributed by atoms with Crippen LogP contribution in [0.4, 0.5) is 11.4 Å². The molecule has 1 aromatic carbocycles. The Morgan fingerprint density at radius 3 is 2.89 bits per heavy atom. The first-order valence-electron chi connectivity index (χ1n) is 5.98. The Bertz CT molecular complexity index is 590. The zero-order valence-electron chi connectivity index (χ0n) is 10.8. The highest BCUT2D eigenvalue weighted by atomic mass is 16.1. The van der Waals surface area contributed by atoms with E-state index in [2.05, 4.69) is 10.4 Å². The summed E-state index contributed by atoms with van der Waals surface area (Å²) in [5, 5.41) is 7.33. The topological polar surface area (TPSA) is 99.0 Å². The van der Waals surface area contributed by atoms with Gasteiger partial charge in [-0.2, -0.15) is 5.10 Å². The van der Waals surface area contributed by atoms with Gasteiger partial charge in [0.05, 0.1) is 18.3 Å². The van der Waals surface area contributed by atoms with Gasteiger partial charge >= 0.3 is 0 Å². The second kappa shape index (κ2) is 5.43. The molecule has 100 valence electrons. The molecule has 1 heterocycles. The summed E-state index contributed by atoms with van der Waals surface area (Å²) in [6, 6.07) is 4.98. The molecule has 19 heavy (non-hydrogen) atoms. The second-order valence-corrected chi connectivity index (χ2v) is 4.38. The summed E-state index contributed by atoms with van der Waals surface area (Å²) in [4.78, 5) is 11.3. The van der Waals surface area contributed by atoms with Gasteiger partial charge in [-0.3, -0.25) is 9.48 Å². The lowest BCUT2D eigenvalue weighted by Gasteiger charge is -2.11. The highest BCUT2D eigenvalue weighted by Gasteiger charge is 2.07. The van der Waals surface area contributed by atoms with Gasteiger partial charge in [0.2, 0.25) is 0 Å². The van der Waals surface area contributed by atoms with E-state index in [-0.39, 0.29) is 0 Å². The summed E-state index contributed by atoms with van der Waals surface area (Å²) in [5.74, 6) is -0.475. The summed E-state index contributed by atoms with van der Waals surface area (Å²) in [6.45, 7) is 3.31. The van der Waals surface area contributed by atoms with E-state index in [9.17, 15) is 4.79 Å². The van der Waals surface area contributed by atoms with E-state index in [0.29, 0.717) is 30.0 Å². The molecule has 0 spiro atoms. The number of rotatable bonds is 5. The number of primary amides is 1. The molecule has 6 nitrogen and oxygen atoms in total. The Balaban J connectivity index is 2.02. The second-order valence-electron chi connectivity index (χ2n) is 4.38. The summed E-state index contributed by atoms with van der Waals surface area (Å²) in [6.07, 6.45) is 3.76. The van der Waals surface area contributed by atoms with E-state index in [1.165, 1.54) is 0 Å². The number of nitrogens with two attached hydrogens (primary N) is 2. The number of anilines is 2. The Labute approximate surface area is 111 Å². The molecule has 0 atom stereocenters. The third-order valence-corrected chi connectivity index (χ3v) is 2.73. The van der Waals surface area contributed by atoms with Crippen LogP contribution in [-0.4, -0.2) is 22.2 Å². The summed E-state index contributed by atoms with van der Waals surface area (Å²) in [5.41, 5.74) is 13.8. The SMILES string of the molecule is Cc1cnn(CCNc2cc(N)ccc2C(N)=O)c1. The molecule has 0 unspecified atom stereocenters. The molecule has 0 aliphatic heterocycles. The van der Waals surface area contributed by atoms with E-state index in [1.54, 1.807) is 24.4 Å². The Hall–Kier alpha value is -2.50. The van der Waals surface area contributed by atoms with Crippen LogP contribution in [0.15, 0.2) is 30.6 Å². The molecular weight excluding hydrogens is 242 g/mol. The smallest absolute Gasteiger partial charge is 0.250 e. The molecule has 1 aromatic heterocycles. The molecule has 0 bridgehead atoms. The summed E-state index contributed by atoms with van der Waals surface area (Å²) >= 11 is 0. The van der Waals surface area contributed by atoms with Crippen molar-refractivity contribution in [2.45, 2.75) is 13.5 Å². The number of hydrogen-bond acceptors (Lipinski definition) is 4. The molecule has 0 radical (unpaired) electrons. The van der Waals surface area contributed by atoms with Crippen LogP contribution in [0.3, 0.4) is 0 Å². The minimum atomic E-state index is -0.475. The fourth-order valence-corrected chi connectivity index (χ4v) is 1.82. The predicted octanol–water partition coefficient (Wildman–Crippen LogP) is 0.985. The number of carbonyl (C=O) groups is 1. The van der Waals surface area contributed by atoms with Crippen molar-refractivity contribution in [1.29, 1.82) is 0 Å². The van der Waals surface area contributed by atoms with E-state index < -0.39 is 5.91 Å². The van der Waals surface area contributed by atoms with E-state index >= 15 is 0 Å². The zero-order valence-corrected chi connectivity index (χ0v) is 10.8. The third-order valence-electron chi connectivity index (χ3n) is 2.73. The molecule has 6 heteroatoms. The Kier molecular flexibility index (Phi) is 3.70. The van der Waals surface area contributed by atoms with Crippen molar-refractivity contribution >= 4 is 17.3 Å². The van der Waals surface area contributed by atoms with Gasteiger partial charge in [-0.1, -0.05) is 0 Å². The van der Waals surface area contributed by atoms with Crippen molar-refractivity contribution in [2.75, 3.05) is 17.6 Å². The lowest BCUT2D eigenvalue weighted by Crippen LogP contribution is -2.17. The molecule has 0 saturated carbocycles. The van der Waals surface area contributed by atoms with E-state index in [1.807, 2.05) is 17.8 Å². The van der Waals surface area contributed by atoms with Crippen molar-refractivity contribution in [3.8, 4) is 0 Å². The number of aromatic nitrogens is 2. The summed E-state index contributed by atoms with van der Waals surface area (Å²) in [7, 11) is 0. The van der Waals surface area contributed by atoms with Crippen LogP contribution >= 0.6 is 0 Å². The molecule has 0 aliphatic carbocycles. The van der Waals surface area contributed by atoms with Crippen molar-refractivity contribution in [1.82, 2.24) is 9.78 Å². The van der Waals surface area contributed by atoms with Gasteiger partial charge < -0.3 is 16.8 Å². The average molecular weight is 259 g/mol. The van der Waals surface area contributed by atoms with Crippen LogP contribution in [0.25, 0.3) is 0 Å². The highest BCUT2D eigenvalue weighted by Crippen LogP contribution is 2.18. The molecule has 2 rings (SSSR count). The van der Waals surface area contributed by atoms with Crippen LogP contribution in [-0.2, 0) is 6.54 Å². The largest absolute Gasteiger partial charge is 0.399 e. The van der Waals surface area contributed by atoms with Crippen molar-refractivity contribution in [3.05, 3.63) is 41.7 Å². The van der Waals surface area contributed by atoms with Crippen LogP contribution in [0.1, 0.15) is 15.9 Å². The van der Waals surface area contributed by atoms with E-state index in [0.717, 1.165) is 5.56 Å². The quantitative estimate of drug-likeness (QED) is 0.697.